The van der Waals surface area contributed by atoms with Crippen molar-refractivity contribution in [2.45, 2.75) is 13.0 Å². The molecule has 0 amide bonds. The van der Waals surface area contributed by atoms with Crippen LogP contribution in [0.2, 0.25) is 0 Å². The lowest BCUT2D eigenvalue weighted by atomic mass is 10.1. The normalized spacial score (nSPS) is 10.5. The molecule has 19 heavy (non-hydrogen) atoms. The summed E-state index contributed by atoms with van der Waals surface area (Å²) in [5.41, 5.74) is 7.93. The first-order valence-electron chi connectivity index (χ1n) is 6.05. The van der Waals surface area contributed by atoms with Gasteiger partial charge in [-0.1, -0.05) is 18.2 Å². The molecule has 4 heteroatoms. The molecule has 0 bridgehead atoms. The molecule has 0 aromatic heterocycles. The molecule has 0 aliphatic heterocycles. The van der Waals surface area contributed by atoms with Gasteiger partial charge >= 0.3 is 0 Å². The summed E-state index contributed by atoms with van der Waals surface area (Å²) in [7, 11) is 0. The second-order valence-corrected chi connectivity index (χ2v) is 6.32. The maximum atomic E-state index is 5.82. The number of rotatable bonds is 5. The minimum Gasteiger partial charge on any atom is -0.488 e. The Morgan fingerprint density at radius 1 is 1.05 bits per heavy atom. The van der Waals surface area contributed by atoms with E-state index in [2.05, 4.69) is 74.9 Å². The van der Waals surface area contributed by atoms with Crippen molar-refractivity contribution >= 4 is 38.5 Å². The van der Waals surface area contributed by atoms with Crippen LogP contribution in [0.4, 0.5) is 0 Å². The van der Waals surface area contributed by atoms with Gasteiger partial charge in [-0.05, 0) is 86.9 Å². The van der Waals surface area contributed by atoms with Crippen LogP contribution in [0.1, 0.15) is 11.1 Å². The molecule has 2 N–H and O–H groups in total. The first-order valence-corrected chi connectivity index (χ1v) is 7.92. The second kappa shape index (κ2) is 7.26. The van der Waals surface area contributed by atoms with Crippen LogP contribution >= 0.6 is 38.5 Å². The number of hydrogen-bond donors (Lipinski definition) is 1. The van der Waals surface area contributed by atoms with Crippen LogP contribution in [0.15, 0.2) is 46.9 Å². The highest BCUT2D eigenvalue weighted by atomic mass is 127. The van der Waals surface area contributed by atoms with Crippen molar-refractivity contribution in [2.24, 2.45) is 5.73 Å². The van der Waals surface area contributed by atoms with Crippen LogP contribution in [0.3, 0.4) is 0 Å². The monoisotopic (exact) mass is 431 g/mol. The number of nitrogens with two attached hydrogens (primary N) is 1. The summed E-state index contributed by atoms with van der Waals surface area (Å²) in [4.78, 5) is 0. The zero-order valence-electron chi connectivity index (χ0n) is 10.4. The molecule has 2 nitrogen and oxygen atoms in total. The molecular weight excluding hydrogens is 417 g/mol. The lowest BCUT2D eigenvalue weighted by Gasteiger charge is -2.10. The molecule has 2 rings (SSSR count). The molecule has 0 aliphatic rings. The van der Waals surface area contributed by atoms with E-state index in [0.29, 0.717) is 13.2 Å². The van der Waals surface area contributed by atoms with Gasteiger partial charge in [0, 0.05) is 3.57 Å². The fraction of sp³-hybridized carbons (Fsp3) is 0.200. The molecule has 0 fully saturated rings. The van der Waals surface area contributed by atoms with Crippen LogP contribution in [-0.2, 0) is 13.0 Å². The summed E-state index contributed by atoms with van der Waals surface area (Å²) in [5, 5.41) is 0. The van der Waals surface area contributed by atoms with E-state index in [1.807, 2.05) is 6.07 Å². The van der Waals surface area contributed by atoms with Crippen molar-refractivity contribution in [3.8, 4) is 5.75 Å². The van der Waals surface area contributed by atoms with Gasteiger partial charge in [0.15, 0.2) is 0 Å². The maximum absolute atomic E-state index is 5.82. The van der Waals surface area contributed by atoms with Gasteiger partial charge in [-0.3, -0.25) is 0 Å². The standard InChI is InChI=1S/C15H15BrINO/c16-14-9-11(7-8-18)3-6-15(14)19-10-12-1-4-13(17)5-2-12/h1-6,9H,7-8,10,18H2. The van der Waals surface area contributed by atoms with E-state index in [1.165, 1.54) is 14.7 Å². The lowest BCUT2D eigenvalue weighted by molar-refractivity contribution is 0.304. The van der Waals surface area contributed by atoms with Gasteiger partial charge in [0.2, 0.25) is 0 Å². The number of benzene rings is 2. The van der Waals surface area contributed by atoms with Gasteiger partial charge in [-0.25, -0.2) is 0 Å². The minimum absolute atomic E-state index is 0.575. The third-order valence-electron chi connectivity index (χ3n) is 2.74. The quantitative estimate of drug-likeness (QED) is 0.722. The molecule has 2 aromatic carbocycles. The van der Waals surface area contributed by atoms with Gasteiger partial charge in [0.05, 0.1) is 4.47 Å². The van der Waals surface area contributed by atoms with E-state index in [9.17, 15) is 0 Å². The predicted octanol–water partition coefficient (Wildman–Crippen LogP) is 4.13. The SMILES string of the molecule is NCCc1ccc(OCc2ccc(I)cc2)c(Br)c1. The molecule has 0 unspecified atom stereocenters. The first kappa shape index (κ1) is 14.8. The Balaban J connectivity index is 2.01. The van der Waals surface area contributed by atoms with Gasteiger partial charge in [-0.2, -0.15) is 0 Å². The Bertz CT molecular complexity index is 542. The van der Waals surface area contributed by atoms with Crippen LogP contribution < -0.4 is 10.5 Å². The Kier molecular flexibility index (Phi) is 5.66. The van der Waals surface area contributed by atoms with Gasteiger partial charge < -0.3 is 10.5 Å². The Morgan fingerprint density at radius 2 is 1.74 bits per heavy atom. The summed E-state index contributed by atoms with van der Waals surface area (Å²) in [5.74, 6) is 0.860. The van der Waals surface area contributed by atoms with Crippen LogP contribution in [0.5, 0.6) is 5.75 Å². The molecule has 2 aromatic rings. The number of hydrogen-bond acceptors (Lipinski definition) is 2. The zero-order chi connectivity index (χ0) is 13.7. The highest BCUT2D eigenvalue weighted by Gasteiger charge is 2.03. The van der Waals surface area contributed by atoms with Crippen molar-refractivity contribution in [3.63, 3.8) is 0 Å². The van der Waals surface area contributed by atoms with E-state index < -0.39 is 0 Å². The van der Waals surface area contributed by atoms with Gasteiger partial charge in [0.25, 0.3) is 0 Å². The van der Waals surface area contributed by atoms with E-state index in [4.69, 9.17) is 10.5 Å². The molecule has 100 valence electrons. The summed E-state index contributed by atoms with van der Waals surface area (Å²) < 4.78 is 8.02. The molecular formula is C15H15BrINO. The average molecular weight is 432 g/mol. The number of ether oxygens (including phenoxy) is 1. The number of halogens is 2. The zero-order valence-corrected chi connectivity index (χ0v) is 14.1. The van der Waals surface area contributed by atoms with Gasteiger partial charge in [0.1, 0.15) is 12.4 Å². The average Bonchev–Trinajstić information content (AvgIpc) is 2.40. The first-order chi connectivity index (χ1) is 9.19. The molecule has 0 aliphatic carbocycles. The highest BCUT2D eigenvalue weighted by molar-refractivity contribution is 14.1. The molecule has 0 spiro atoms. The Morgan fingerprint density at radius 3 is 2.37 bits per heavy atom. The Labute approximate surface area is 135 Å². The summed E-state index contributed by atoms with van der Waals surface area (Å²) in [6, 6.07) is 14.4. The van der Waals surface area contributed by atoms with E-state index >= 15 is 0 Å². The van der Waals surface area contributed by atoms with Crippen LogP contribution in [0.25, 0.3) is 0 Å². The fourth-order valence-electron chi connectivity index (χ4n) is 1.73. The lowest BCUT2D eigenvalue weighted by Crippen LogP contribution is -2.03. The largest absolute Gasteiger partial charge is 0.488 e. The van der Waals surface area contributed by atoms with Crippen LogP contribution in [-0.4, -0.2) is 6.54 Å². The summed E-state index contributed by atoms with van der Waals surface area (Å²) in [6.45, 7) is 1.24. The molecule has 0 saturated carbocycles. The molecule has 0 atom stereocenters. The molecule has 0 saturated heterocycles. The topological polar surface area (TPSA) is 35.2 Å². The molecule has 0 radical (unpaired) electrons. The minimum atomic E-state index is 0.575. The Hall–Kier alpha value is -0.590. The van der Waals surface area contributed by atoms with Crippen molar-refractivity contribution in [3.05, 3.63) is 61.6 Å². The van der Waals surface area contributed by atoms with E-state index in [0.717, 1.165) is 16.6 Å². The van der Waals surface area contributed by atoms with Crippen molar-refractivity contribution < 1.29 is 4.74 Å². The summed E-state index contributed by atoms with van der Waals surface area (Å²) >= 11 is 5.83. The third-order valence-corrected chi connectivity index (χ3v) is 4.08. The highest BCUT2D eigenvalue weighted by Crippen LogP contribution is 2.27. The van der Waals surface area contributed by atoms with Crippen molar-refractivity contribution in [2.75, 3.05) is 6.54 Å². The van der Waals surface area contributed by atoms with E-state index in [1.54, 1.807) is 0 Å². The summed E-state index contributed by atoms with van der Waals surface area (Å²) in [6.07, 6.45) is 0.885. The second-order valence-electron chi connectivity index (χ2n) is 4.22. The van der Waals surface area contributed by atoms with Crippen LogP contribution in [0, 0.1) is 3.57 Å². The fourth-order valence-corrected chi connectivity index (χ4v) is 2.63. The molecule has 0 heterocycles. The predicted molar refractivity (Wildman–Crippen MR) is 90.4 cm³/mol. The maximum Gasteiger partial charge on any atom is 0.134 e. The van der Waals surface area contributed by atoms with Gasteiger partial charge in [-0.15, -0.1) is 0 Å². The van der Waals surface area contributed by atoms with Crippen molar-refractivity contribution in [1.29, 1.82) is 0 Å². The smallest absolute Gasteiger partial charge is 0.134 e. The third kappa shape index (κ3) is 4.47. The van der Waals surface area contributed by atoms with Crippen molar-refractivity contribution in [1.82, 2.24) is 0 Å². The van der Waals surface area contributed by atoms with E-state index in [-0.39, 0.29) is 0 Å².